The van der Waals surface area contributed by atoms with E-state index in [1.165, 1.54) is 12.1 Å². The van der Waals surface area contributed by atoms with Gasteiger partial charge in [-0.15, -0.1) is 0 Å². The molecule has 2 atom stereocenters. The molecule has 2 heterocycles. The van der Waals surface area contributed by atoms with E-state index in [0.717, 1.165) is 26.1 Å². The van der Waals surface area contributed by atoms with Crippen LogP contribution >= 0.6 is 11.3 Å². The number of hydrogen-bond acceptors (Lipinski definition) is 4. The summed E-state index contributed by atoms with van der Waals surface area (Å²) in [4.78, 5) is 2.47. The number of aliphatic hydroxyl groups is 1. The molecule has 1 aromatic heterocycles. The molecule has 0 aromatic carbocycles. The number of anilines is 1. The van der Waals surface area contributed by atoms with E-state index in [2.05, 4.69) is 47.8 Å². The fraction of sp³-hybridized carbons (Fsp3) is 0.750. The van der Waals surface area contributed by atoms with Gasteiger partial charge in [0.05, 0.1) is 0 Å². The number of rotatable bonds is 5. The summed E-state index contributed by atoms with van der Waals surface area (Å²) in [6.07, 6.45) is 2.09. The molecule has 1 aliphatic rings. The van der Waals surface area contributed by atoms with Crippen LogP contribution < -0.4 is 10.2 Å². The summed E-state index contributed by atoms with van der Waals surface area (Å²) in [7, 11) is 0. The quantitative estimate of drug-likeness (QED) is 0.877. The lowest BCUT2D eigenvalue weighted by Gasteiger charge is -2.40. The number of nitrogens with zero attached hydrogens (tertiary/aromatic N) is 1. The number of nitrogens with one attached hydrogen (secondary N) is 1. The van der Waals surface area contributed by atoms with E-state index in [1.54, 1.807) is 11.3 Å². The third-order valence-corrected chi connectivity index (χ3v) is 4.54. The summed E-state index contributed by atoms with van der Waals surface area (Å²) < 4.78 is 0. The second-order valence-corrected chi connectivity index (χ2v) is 7.92. The van der Waals surface area contributed by atoms with Gasteiger partial charge in [0.25, 0.3) is 0 Å². The highest BCUT2D eigenvalue weighted by molar-refractivity contribution is 7.08. The van der Waals surface area contributed by atoms with Crippen molar-refractivity contribution in [3.8, 4) is 0 Å². The second-order valence-electron chi connectivity index (χ2n) is 7.14. The first-order valence-corrected chi connectivity index (χ1v) is 8.53. The Morgan fingerprint density at radius 2 is 2.20 bits per heavy atom. The molecule has 0 amide bonds. The lowest BCUT2D eigenvalue weighted by atomic mass is 9.90. The average molecular weight is 296 g/mol. The smallest absolute Gasteiger partial charge is 0.0475 e. The molecule has 0 spiro atoms. The molecule has 4 heteroatoms. The Morgan fingerprint density at radius 1 is 1.40 bits per heavy atom. The molecule has 2 unspecified atom stereocenters. The highest BCUT2D eigenvalue weighted by atomic mass is 32.1. The molecule has 114 valence electrons. The maximum Gasteiger partial charge on any atom is 0.0475 e. The summed E-state index contributed by atoms with van der Waals surface area (Å²) in [6.45, 7) is 10.3. The molecule has 2 N–H and O–H groups in total. The third-order valence-electron chi connectivity index (χ3n) is 3.87. The Balaban J connectivity index is 1.97. The first-order valence-electron chi connectivity index (χ1n) is 7.59. The van der Waals surface area contributed by atoms with E-state index in [1.807, 2.05) is 0 Å². The van der Waals surface area contributed by atoms with Gasteiger partial charge in [-0.2, -0.15) is 11.3 Å². The van der Waals surface area contributed by atoms with E-state index >= 15 is 0 Å². The van der Waals surface area contributed by atoms with Crippen molar-refractivity contribution in [1.82, 2.24) is 5.32 Å². The lowest BCUT2D eigenvalue weighted by molar-refractivity contribution is 0.224. The second kappa shape index (κ2) is 6.92. The molecule has 20 heavy (non-hydrogen) atoms. The van der Waals surface area contributed by atoms with E-state index in [0.29, 0.717) is 24.0 Å². The largest absolute Gasteiger partial charge is 0.396 e. The molecular weight excluding hydrogens is 268 g/mol. The Hall–Kier alpha value is -0.580. The summed E-state index contributed by atoms with van der Waals surface area (Å²) in [6, 6.07) is 2.73. The van der Waals surface area contributed by atoms with Gasteiger partial charge in [-0.3, -0.25) is 0 Å². The number of thiophene rings is 1. The molecule has 0 aliphatic carbocycles. The van der Waals surface area contributed by atoms with Gasteiger partial charge in [0.1, 0.15) is 0 Å². The van der Waals surface area contributed by atoms with Crippen LogP contribution in [-0.4, -0.2) is 37.4 Å². The topological polar surface area (TPSA) is 35.5 Å². The molecule has 2 rings (SSSR count). The Labute approximate surface area is 127 Å². The first kappa shape index (κ1) is 15.8. The number of piperidine rings is 1. The predicted molar refractivity (Wildman–Crippen MR) is 87.6 cm³/mol. The van der Waals surface area contributed by atoms with Crippen molar-refractivity contribution >= 4 is 17.0 Å². The summed E-state index contributed by atoms with van der Waals surface area (Å²) in [5.74, 6) is 0.589. The molecular formula is C16H28N2OS. The van der Waals surface area contributed by atoms with E-state index in [4.69, 9.17) is 0 Å². The Bertz CT molecular complexity index is 386. The van der Waals surface area contributed by atoms with Crippen molar-refractivity contribution in [3.63, 3.8) is 0 Å². The van der Waals surface area contributed by atoms with Crippen LogP contribution in [0.3, 0.4) is 0 Å². The normalized spacial score (nSPS) is 24.1. The van der Waals surface area contributed by atoms with Gasteiger partial charge in [0.15, 0.2) is 0 Å². The number of aliphatic hydroxyl groups excluding tert-OH is 1. The van der Waals surface area contributed by atoms with Crippen LogP contribution in [0.4, 0.5) is 5.69 Å². The van der Waals surface area contributed by atoms with Crippen molar-refractivity contribution in [2.45, 2.75) is 39.7 Å². The van der Waals surface area contributed by atoms with Crippen molar-refractivity contribution in [2.24, 2.45) is 11.3 Å². The molecule has 1 aliphatic heterocycles. The standard InChI is InChI=1S/C16H28N2OS/c1-16(2,3)12-17-14-8-13(4-6-19)9-18(10-14)15-5-7-20-11-15/h5,7,11,13-14,17,19H,4,6,8-10,12H2,1-3H3. The van der Waals surface area contributed by atoms with Gasteiger partial charge in [0, 0.05) is 43.4 Å². The van der Waals surface area contributed by atoms with Crippen LogP contribution in [0, 0.1) is 11.3 Å². The Kier molecular flexibility index (Phi) is 5.47. The maximum absolute atomic E-state index is 9.24. The van der Waals surface area contributed by atoms with Gasteiger partial charge >= 0.3 is 0 Å². The van der Waals surface area contributed by atoms with Gasteiger partial charge in [-0.1, -0.05) is 20.8 Å². The molecule has 1 aromatic rings. The highest BCUT2D eigenvalue weighted by Crippen LogP contribution is 2.27. The SMILES string of the molecule is CC(C)(C)CNC1CC(CCO)CN(c2ccsc2)C1. The van der Waals surface area contributed by atoms with Gasteiger partial charge < -0.3 is 15.3 Å². The van der Waals surface area contributed by atoms with Crippen LogP contribution in [0.5, 0.6) is 0 Å². The van der Waals surface area contributed by atoms with Crippen LogP contribution in [0.1, 0.15) is 33.6 Å². The zero-order valence-corrected chi connectivity index (χ0v) is 13.7. The van der Waals surface area contributed by atoms with Crippen molar-refractivity contribution in [1.29, 1.82) is 0 Å². The van der Waals surface area contributed by atoms with Crippen molar-refractivity contribution in [3.05, 3.63) is 16.8 Å². The van der Waals surface area contributed by atoms with Gasteiger partial charge in [-0.25, -0.2) is 0 Å². The summed E-state index contributed by atoms with van der Waals surface area (Å²) >= 11 is 1.76. The molecule has 0 bridgehead atoms. The Morgan fingerprint density at radius 3 is 2.80 bits per heavy atom. The minimum Gasteiger partial charge on any atom is -0.396 e. The fourth-order valence-electron chi connectivity index (χ4n) is 2.84. The molecule has 0 saturated carbocycles. The van der Waals surface area contributed by atoms with Crippen molar-refractivity contribution < 1.29 is 5.11 Å². The van der Waals surface area contributed by atoms with E-state index in [-0.39, 0.29) is 0 Å². The molecule has 3 nitrogen and oxygen atoms in total. The molecule has 1 saturated heterocycles. The van der Waals surface area contributed by atoms with Gasteiger partial charge in [0.2, 0.25) is 0 Å². The van der Waals surface area contributed by atoms with Crippen LogP contribution in [-0.2, 0) is 0 Å². The maximum atomic E-state index is 9.24. The predicted octanol–water partition coefficient (Wildman–Crippen LogP) is 2.96. The molecule has 1 fully saturated rings. The van der Waals surface area contributed by atoms with Gasteiger partial charge in [-0.05, 0) is 35.6 Å². The van der Waals surface area contributed by atoms with E-state index < -0.39 is 0 Å². The van der Waals surface area contributed by atoms with E-state index in [9.17, 15) is 5.11 Å². The monoisotopic (exact) mass is 296 g/mol. The lowest BCUT2D eigenvalue weighted by Crippen LogP contribution is -2.51. The summed E-state index contributed by atoms with van der Waals surface area (Å²) in [5, 5.41) is 17.3. The van der Waals surface area contributed by atoms with Crippen LogP contribution in [0.2, 0.25) is 0 Å². The summed E-state index contributed by atoms with van der Waals surface area (Å²) in [5.41, 5.74) is 1.65. The minimum atomic E-state index is 0.300. The van der Waals surface area contributed by atoms with Crippen LogP contribution in [0.25, 0.3) is 0 Å². The average Bonchev–Trinajstić information content (AvgIpc) is 2.89. The minimum absolute atomic E-state index is 0.300. The first-order chi connectivity index (χ1) is 9.48. The number of hydrogen-bond donors (Lipinski definition) is 2. The zero-order chi connectivity index (χ0) is 14.6. The third kappa shape index (κ3) is 4.76. The van der Waals surface area contributed by atoms with Crippen molar-refractivity contribution in [2.75, 3.05) is 31.1 Å². The highest BCUT2D eigenvalue weighted by Gasteiger charge is 2.27. The zero-order valence-electron chi connectivity index (χ0n) is 12.9. The van der Waals surface area contributed by atoms with Crippen LogP contribution in [0.15, 0.2) is 16.8 Å². The fourth-order valence-corrected chi connectivity index (χ4v) is 3.51. The molecule has 0 radical (unpaired) electrons.